The molecule has 1 amide bonds. The second kappa shape index (κ2) is 7.06. The summed E-state index contributed by atoms with van der Waals surface area (Å²) in [6, 6.07) is 5.68. The van der Waals surface area contributed by atoms with Gasteiger partial charge in [0.1, 0.15) is 0 Å². The van der Waals surface area contributed by atoms with Crippen LogP contribution in [0.3, 0.4) is 0 Å². The number of carbonyl (C=O) groups is 1. The zero-order valence-corrected chi connectivity index (χ0v) is 12.8. The first-order chi connectivity index (χ1) is 7.99. The minimum absolute atomic E-state index is 0.0201. The summed E-state index contributed by atoms with van der Waals surface area (Å²) in [5.41, 5.74) is 0.784. The summed E-state index contributed by atoms with van der Waals surface area (Å²) in [7, 11) is 0. The summed E-state index contributed by atoms with van der Waals surface area (Å²) in [6.07, 6.45) is 0. The minimum atomic E-state index is -0.0201. The molecule has 0 radical (unpaired) electrons. The molecule has 94 valence electrons. The van der Waals surface area contributed by atoms with Gasteiger partial charge in [-0.25, -0.2) is 0 Å². The zero-order valence-electron chi connectivity index (χ0n) is 9.89. The van der Waals surface area contributed by atoms with Crippen LogP contribution in [0.25, 0.3) is 0 Å². The maximum Gasteiger partial charge on any atom is 0.239 e. The van der Waals surface area contributed by atoms with Crippen LogP contribution < -0.4 is 10.6 Å². The van der Waals surface area contributed by atoms with Crippen LogP contribution in [0.4, 0.5) is 5.69 Å². The molecule has 0 fully saturated rings. The fourth-order valence-corrected chi connectivity index (χ4v) is 2.11. The Labute approximate surface area is 120 Å². The summed E-state index contributed by atoms with van der Waals surface area (Å²) < 4.78 is 1.07. The molecule has 0 unspecified atom stereocenters. The Morgan fingerprint density at radius 1 is 1.47 bits per heavy atom. The highest BCUT2D eigenvalue weighted by atomic mass is 127. The van der Waals surface area contributed by atoms with Crippen molar-refractivity contribution >= 4 is 45.8 Å². The van der Waals surface area contributed by atoms with Gasteiger partial charge in [0.05, 0.1) is 17.3 Å². The van der Waals surface area contributed by atoms with E-state index in [2.05, 4.69) is 47.1 Å². The molecule has 0 aromatic heterocycles. The topological polar surface area (TPSA) is 41.1 Å². The van der Waals surface area contributed by atoms with Crippen molar-refractivity contribution in [1.82, 2.24) is 5.32 Å². The highest BCUT2D eigenvalue weighted by Crippen LogP contribution is 2.23. The molecule has 3 nitrogen and oxygen atoms in total. The van der Waals surface area contributed by atoms with E-state index in [4.69, 9.17) is 11.6 Å². The Hall–Kier alpha value is -0.490. The maximum atomic E-state index is 11.5. The van der Waals surface area contributed by atoms with Crippen molar-refractivity contribution < 1.29 is 4.79 Å². The molecule has 17 heavy (non-hydrogen) atoms. The molecule has 0 bridgehead atoms. The van der Waals surface area contributed by atoms with E-state index in [9.17, 15) is 4.79 Å². The molecule has 0 aliphatic carbocycles. The van der Waals surface area contributed by atoms with Crippen molar-refractivity contribution in [1.29, 1.82) is 0 Å². The minimum Gasteiger partial charge on any atom is -0.375 e. The van der Waals surface area contributed by atoms with Gasteiger partial charge in [-0.3, -0.25) is 4.79 Å². The van der Waals surface area contributed by atoms with Crippen molar-refractivity contribution in [2.24, 2.45) is 5.92 Å². The van der Waals surface area contributed by atoms with Gasteiger partial charge in [0.25, 0.3) is 0 Å². The van der Waals surface area contributed by atoms with E-state index in [0.29, 0.717) is 17.5 Å². The predicted molar refractivity (Wildman–Crippen MR) is 80.5 cm³/mol. The number of rotatable bonds is 5. The fourth-order valence-electron chi connectivity index (χ4n) is 1.19. The van der Waals surface area contributed by atoms with E-state index in [-0.39, 0.29) is 12.5 Å². The lowest BCUT2D eigenvalue weighted by Gasteiger charge is -2.10. The number of anilines is 1. The highest BCUT2D eigenvalue weighted by molar-refractivity contribution is 14.1. The Morgan fingerprint density at radius 2 is 2.18 bits per heavy atom. The second-order valence-corrected chi connectivity index (χ2v) is 5.83. The summed E-state index contributed by atoms with van der Waals surface area (Å²) in [4.78, 5) is 11.5. The van der Waals surface area contributed by atoms with Crippen molar-refractivity contribution in [3.8, 4) is 0 Å². The van der Waals surface area contributed by atoms with Gasteiger partial charge in [0, 0.05) is 10.1 Å². The molecule has 0 saturated carbocycles. The average molecular weight is 367 g/mol. The van der Waals surface area contributed by atoms with Crippen LogP contribution in [0.5, 0.6) is 0 Å². The summed E-state index contributed by atoms with van der Waals surface area (Å²) in [5.74, 6) is 0.439. The first-order valence-electron chi connectivity index (χ1n) is 5.44. The van der Waals surface area contributed by atoms with Gasteiger partial charge >= 0.3 is 0 Å². The van der Waals surface area contributed by atoms with Crippen LogP contribution >= 0.6 is 34.2 Å². The van der Waals surface area contributed by atoms with E-state index >= 15 is 0 Å². The van der Waals surface area contributed by atoms with E-state index in [1.807, 2.05) is 18.2 Å². The lowest BCUT2D eigenvalue weighted by Crippen LogP contribution is -2.32. The molecule has 1 aromatic rings. The van der Waals surface area contributed by atoms with Crippen molar-refractivity contribution in [3.05, 3.63) is 26.8 Å². The number of halogens is 2. The lowest BCUT2D eigenvalue weighted by molar-refractivity contribution is -0.119. The molecule has 2 N–H and O–H groups in total. The first-order valence-corrected chi connectivity index (χ1v) is 6.90. The average Bonchev–Trinajstić information content (AvgIpc) is 2.25. The predicted octanol–water partition coefficient (Wildman–Crippen LogP) is 3.13. The van der Waals surface area contributed by atoms with E-state index < -0.39 is 0 Å². The summed E-state index contributed by atoms with van der Waals surface area (Å²) >= 11 is 8.23. The van der Waals surface area contributed by atoms with E-state index in [1.165, 1.54) is 0 Å². The summed E-state index contributed by atoms with van der Waals surface area (Å²) in [6.45, 7) is 5.06. The largest absolute Gasteiger partial charge is 0.375 e. The monoisotopic (exact) mass is 366 g/mol. The molecule has 0 spiro atoms. The van der Waals surface area contributed by atoms with Gasteiger partial charge in [-0.1, -0.05) is 25.4 Å². The Morgan fingerprint density at radius 3 is 2.76 bits per heavy atom. The molecule has 0 aliphatic heterocycles. The van der Waals surface area contributed by atoms with Crippen LogP contribution in [0.15, 0.2) is 18.2 Å². The SMILES string of the molecule is CC(C)CNC(=O)CNc1ccc(I)cc1Cl. The van der Waals surface area contributed by atoms with Crippen LogP contribution in [0.2, 0.25) is 5.02 Å². The molecule has 0 atom stereocenters. The number of hydrogen-bond acceptors (Lipinski definition) is 2. The second-order valence-electron chi connectivity index (χ2n) is 4.18. The van der Waals surface area contributed by atoms with Crippen LogP contribution in [0, 0.1) is 9.49 Å². The number of benzene rings is 1. The van der Waals surface area contributed by atoms with Crippen molar-refractivity contribution in [3.63, 3.8) is 0 Å². The summed E-state index contributed by atoms with van der Waals surface area (Å²) in [5, 5.41) is 6.49. The standard InChI is InChI=1S/C12H16ClIN2O/c1-8(2)6-16-12(17)7-15-11-4-3-9(14)5-10(11)13/h3-5,8,15H,6-7H2,1-2H3,(H,16,17). The maximum absolute atomic E-state index is 11.5. The van der Waals surface area contributed by atoms with E-state index in [0.717, 1.165) is 9.26 Å². The third-order valence-electron chi connectivity index (χ3n) is 2.08. The molecule has 0 heterocycles. The van der Waals surface area contributed by atoms with Gasteiger partial charge in [-0.2, -0.15) is 0 Å². The van der Waals surface area contributed by atoms with Gasteiger partial charge in [0.2, 0.25) is 5.91 Å². The molecule has 5 heteroatoms. The van der Waals surface area contributed by atoms with Gasteiger partial charge < -0.3 is 10.6 Å². The van der Waals surface area contributed by atoms with Crippen molar-refractivity contribution in [2.75, 3.05) is 18.4 Å². The number of nitrogens with one attached hydrogen (secondary N) is 2. The third-order valence-corrected chi connectivity index (χ3v) is 3.06. The first kappa shape index (κ1) is 14.6. The van der Waals surface area contributed by atoms with Crippen LogP contribution in [-0.4, -0.2) is 19.0 Å². The smallest absolute Gasteiger partial charge is 0.239 e. The number of amides is 1. The van der Waals surface area contributed by atoms with Crippen LogP contribution in [-0.2, 0) is 4.79 Å². The molecule has 0 saturated heterocycles. The molecular formula is C12H16ClIN2O. The van der Waals surface area contributed by atoms with Gasteiger partial charge in [-0.15, -0.1) is 0 Å². The van der Waals surface area contributed by atoms with E-state index in [1.54, 1.807) is 0 Å². The number of hydrogen-bond donors (Lipinski definition) is 2. The normalized spacial score (nSPS) is 10.4. The Kier molecular flexibility index (Phi) is 6.05. The van der Waals surface area contributed by atoms with Gasteiger partial charge in [-0.05, 0) is 46.7 Å². The quantitative estimate of drug-likeness (QED) is 0.786. The molecule has 1 rings (SSSR count). The zero-order chi connectivity index (χ0) is 12.8. The molecular weight excluding hydrogens is 351 g/mol. The van der Waals surface area contributed by atoms with Gasteiger partial charge in [0.15, 0.2) is 0 Å². The fraction of sp³-hybridized carbons (Fsp3) is 0.417. The Balaban J connectivity index is 2.42. The van der Waals surface area contributed by atoms with Crippen molar-refractivity contribution in [2.45, 2.75) is 13.8 Å². The molecule has 1 aromatic carbocycles. The van der Waals surface area contributed by atoms with Crippen LogP contribution in [0.1, 0.15) is 13.8 Å². The number of carbonyl (C=O) groups excluding carboxylic acids is 1. The molecule has 0 aliphatic rings. The Bertz CT molecular complexity index is 396. The third kappa shape index (κ3) is 5.59. The lowest BCUT2D eigenvalue weighted by atomic mass is 10.2. The highest BCUT2D eigenvalue weighted by Gasteiger charge is 2.04.